The number of aliphatic hydroxyl groups excluding tert-OH is 1. The van der Waals surface area contributed by atoms with Crippen LogP contribution in [0.5, 0.6) is 0 Å². The number of aliphatic hydroxyl groups is 1. The fraction of sp³-hybridized carbons (Fsp3) is 0.903. The highest BCUT2D eigenvalue weighted by atomic mass is 16.5. The molecule has 0 radical (unpaired) electrons. The number of nitrogens with one attached hydrogen (secondary N) is 1. The number of hydrogen-bond acceptors (Lipinski definition) is 8. The summed E-state index contributed by atoms with van der Waals surface area (Å²) in [6, 6.07) is 0. The first-order chi connectivity index (χ1) is 19.3. The summed E-state index contributed by atoms with van der Waals surface area (Å²) in [7, 11) is 1.50. The van der Waals surface area contributed by atoms with Crippen LogP contribution in [0, 0.1) is 11.8 Å². The lowest BCUT2D eigenvalue weighted by molar-refractivity contribution is -0.126. The second-order valence-electron chi connectivity index (χ2n) is 10.8. The predicted octanol–water partition coefficient (Wildman–Crippen LogP) is 4.61. The summed E-state index contributed by atoms with van der Waals surface area (Å²) in [5.41, 5.74) is 4.50. The molecular weight excluding hydrogens is 512 g/mol. The Morgan fingerprint density at radius 3 is 1.90 bits per heavy atom. The zero-order valence-corrected chi connectivity index (χ0v) is 26.3. The molecule has 0 atom stereocenters. The van der Waals surface area contributed by atoms with Gasteiger partial charge in [0, 0.05) is 43.9 Å². The molecule has 40 heavy (non-hydrogen) atoms. The maximum absolute atomic E-state index is 11.9. The number of unbranched alkanes of at least 4 members (excludes halogenated alkanes) is 1. The molecule has 0 bridgehead atoms. The molecule has 2 saturated carbocycles. The first kappa shape index (κ1) is 40.7. The van der Waals surface area contributed by atoms with Gasteiger partial charge in [0.15, 0.2) is 0 Å². The highest BCUT2D eigenvalue weighted by Crippen LogP contribution is 2.23. The Morgan fingerprint density at radius 1 is 0.850 bits per heavy atom. The molecule has 4 N–H and O–H groups in total. The molecular formula is C31H62N2O7. The molecule has 0 heterocycles. The van der Waals surface area contributed by atoms with Gasteiger partial charge in [-0.1, -0.05) is 52.4 Å². The van der Waals surface area contributed by atoms with Crippen molar-refractivity contribution >= 4 is 18.0 Å². The third-order valence-corrected chi connectivity index (χ3v) is 6.40. The summed E-state index contributed by atoms with van der Waals surface area (Å²) in [4.78, 5) is 33.2. The molecule has 2 fully saturated rings. The minimum atomic E-state index is -0.167. The van der Waals surface area contributed by atoms with E-state index in [2.05, 4.69) is 11.1 Å². The van der Waals surface area contributed by atoms with E-state index < -0.39 is 0 Å². The second kappa shape index (κ2) is 30.6. The van der Waals surface area contributed by atoms with Crippen LogP contribution in [0.2, 0.25) is 0 Å². The van der Waals surface area contributed by atoms with Gasteiger partial charge in [-0.05, 0) is 53.0 Å². The van der Waals surface area contributed by atoms with Crippen LogP contribution in [0.3, 0.4) is 0 Å². The van der Waals surface area contributed by atoms with Gasteiger partial charge in [0.2, 0.25) is 5.91 Å². The molecule has 238 valence electrons. The number of hydrogen-bond donors (Lipinski definition) is 3. The Morgan fingerprint density at radius 2 is 1.38 bits per heavy atom. The van der Waals surface area contributed by atoms with E-state index in [1.165, 1.54) is 58.4 Å². The molecule has 0 unspecified atom stereocenters. The average molecular weight is 575 g/mol. The van der Waals surface area contributed by atoms with E-state index in [4.69, 9.17) is 19.3 Å². The minimum absolute atomic E-state index is 0.0765. The Labute approximate surface area is 244 Å². The van der Waals surface area contributed by atoms with Crippen molar-refractivity contribution in [3.05, 3.63) is 0 Å². The van der Waals surface area contributed by atoms with Crippen molar-refractivity contribution in [2.24, 2.45) is 17.6 Å². The van der Waals surface area contributed by atoms with E-state index in [0.29, 0.717) is 51.9 Å². The van der Waals surface area contributed by atoms with Crippen molar-refractivity contribution in [2.45, 2.75) is 123 Å². The maximum atomic E-state index is 11.9. The van der Waals surface area contributed by atoms with Gasteiger partial charge >= 0.3 is 0 Å². The van der Waals surface area contributed by atoms with E-state index in [1.807, 2.05) is 13.8 Å². The van der Waals surface area contributed by atoms with Gasteiger partial charge in [0.25, 0.3) is 0 Å². The Kier molecular flexibility index (Phi) is 31.1. The highest BCUT2D eigenvalue weighted by molar-refractivity contribution is 5.80. The number of nitrogens with two attached hydrogens (primary N) is 1. The Balaban J connectivity index is 0. The normalized spacial score (nSPS) is 15.6. The number of amides is 1. The molecule has 2 rings (SSSR count). The van der Waals surface area contributed by atoms with Crippen molar-refractivity contribution in [3.63, 3.8) is 0 Å². The molecule has 0 aromatic heterocycles. The molecule has 0 aromatic carbocycles. The van der Waals surface area contributed by atoms with Crippen LogP contribution < -0.4 is 11.1 Å². The fourth-order valence-corrected chi connectivity index (χ4v) is 4.19. The zero-order valence-electron chi connectivity index (χ0n) is 26.3. The lowest BCUT2D eigenvalue weighted by Gasteiger charge is -2.21. The minimum Gasteiger partial charge on any atom is -0.394 e. The molecule has 0 aromatic rings. The molecule has 2 aliphatic carbocycles. The molecule has 2 aliphatic rings. The van der Waals surface area contributed by atoms with E-state index in [9.17, 15) is 14.4 Å². The van der Waals surface area contributed by atoms with Crippen LogP contribution in [-0.2, 0) is 28.6 Å². The average Bonchev–Trinajstić information content (AvgIpc) is 2.96. The molecule has 0 aliphatic heterocycles. The predicted molar refractivity (Wildman–Crippen MR) is 161 cm³/mol. The number of ether oxygens (including phenoxy) is 3. The lowest BCUT2D eigenvalue weighted by Crippen LogP contribution is -2.34. The van der Waals surface area contributed by atoms with Crippen LogP contribution in [0.4, 0.5) is 0 Å². The SMILES string of the molecule is CC(C)C(=O)CCOCCOCCNC(=O)C1CCCCC1.CC(C)O.CN.O=CCCCOC1CCCCC1. The van der Waals surface area contributed by atoms with Crippen LogP contribution >= 0.6 is 0 Å². The van der Waals surface area contributed by atoms with Crippen LogP contribution in [-0.4, -0.2) is 81.9 Å². The summed E-state index contributed by atoms with van der Waals surface area (Å²) in [5, 5.41) is 11.0. The summed E-state index contributed by atoms with van der Waals surface area (Å²) < 4.78 is 16.4. The second-order valence-corrected chi connectivity index (χ2v) is 10.8. The van der Waals surface area contributed by atoms with Gasteiger partial charge in [-0.2, -0.15) is 0 Å². The van der Waals surface area contributed by atoms with Crippen LogP contribution in [0.1, 0.15) is 111 Å². The van der Waals surface area contributed by atoms with Crippen molar-refractivity contribution in [2.75, 3.05) is 46.6 Å². The third-order valence-electron chi connectivity index (χ3n) is 6.40. The summed E-state index contributed by atoms with van der Waals surface area (Å²) in [6.45, 7) is 10.5. The van der Waals surface area contributed by atoms with Gasteiger partial charge in [0.05, 0.1) is 32.5 Å². The highest BCUT2D eigenvalue weighted by Gasteiger charge is 2.20. The van der Waals surface area contributed by atoms with Crippen molar-refractivity contribution in [3.8, 4) is 0 Å². The number of carbonyl (C=O) groups excluding carboxylic acids is 3. The Bertz CT molecular complexity index is 573. The van der Waals surface area contributed by atoms with Crippen molar-refractivity contribution in [1.29, 1.82) is 0 Å². The van der Waals surface area contributed by atoms with E-state index >= 15 is 0 Å². The first-order valence-corrected chi connectivity index (χ1v) is 15.5. The van der Waals surface area contributed by atoms with E-state index in [0.717, 1.165) is 32.2 Å². The number of carbonyl (C=O) groups is 3. The molecule has 0 saturated heterocycles. The van der Waals surface area contributed by atoms with Gasteiger partial charge in [0.1, 0.15) is 12.1 Å². The van der Waals surface area contributed by atoms with Gasteiger partial charge in [-0.3, -0.25) is 9.59 Å². The topological polar surface area (TPSA) is 137 Å². The van der Waals surface area contributed by atoms with Crippen LogP contribution in [0.15, 0.2) is 0 Å². The van der Waals surface area contributed by atoms with Gasteiger partial charge in [-0.25, -0.2) is 0 Å². The van der Waals surface area contributed by atoms with Crippen molar-refractivity contribution < 1.29 is 33.7 Å². The summed E-state index contributed by atoms with van der Waals surface area (Å²) in [6.07, 6.45) is 15.4. The molecule has 9 nitrogen and oxygen atoms in total. The number of ketones is 1. The Hall–Kier alpha value is -1.39. The molecule has 0 spiro atoms. The quantitative estimate of drug-likeness (QED) is 0.180. The van der Waals surface area contributed by atoms with Crippen LogP contribution in [0.25, 0.3) is 0 Å². The lowest BCUT2D eigenvalue weighted by atomic mass is 9.89. The first-order valence-electron chi connectivity index (χ1n) is 15.5. The molecule has 1 amide bonds. The fourth-order valence-electron chi connectivity index (χ4n) is 4.19. The van der Waals surface area contributed by atoms with Gasteiger partial charge < -0.3 is 35.2 Å². The molecule has 9 heteroatoms. The standard InChI is InChI=1S/C17H31NO4.C10H18O2.C3H8O.CH5N/c1-14(2)16(19)8-10-21-12-13-22-11-9-18-17(20)15-6-4-3-5-7-15;11-8-4-5-9-12-10-6-2-1-3-7-10;1-3(2)4;1-2/h14-15H,3-13H2,1-2H3,(H,18,20);8,10H,1-7,9H2;3-4H,1-2H3;2H2,1H3. The van der Waals surface area contributed by atoms with Crippen molar-refractivity contribution in [1.82, 2.24) is 5.32 Å². The number of Topliss-reactive ketones (excluding diaryl/α,β-unsaturated/α-hetero) is 1. The largest absolute Gasteiger partial charge is 0.394 e. The third kappa shape index (κ3) is 28.1. The monoisotopic (exact) mass is 574 g/mol. The van der Waals surface area contributed by atoms with Gasteiger partial charge in [-0.15, -0.1) is 0 Å². The number of rotatable bonds is 16. The van der Waals surface area contributed by atoms with E-state index in [-0.39, 0.29) is 29.6 Å². The summed E-state index contributed by atoms with van der Waals surface area (Å²) >= 11 is 0. The summed E-state index contributed by atoms with van der Waals surface area (Å²) in [5.74, 6) is 0.682. The maximum Gasteiger partial charge on any atom is 0.223 e. The van der Waals surface area contributed by atoms with E-state index in [1.54, 1.807) is 13.8 Å². The smallest absolute Gasteiger partial charge is 0.223 e. The zero-order chi connectivity index (χ0) is 30.4. The number of aldehydes is 1.